The van der Waals surface area contributed by atoms with E-state index < -0.39 is 18.0 Å². The van der Waals surface area contributed by atoms with Crippen LogP contribution in [0.15, 0.2) is 48.5 Å². The summed E-state index contributed by atoms with van der Waals surface area (Å²) in [4.78, 5) is 31.4. The number of carbonyl (C=O) groups excluding carboxylic acids is 2. The summed E-state index contributed by atoms with van der Waals surface area (Å²) in [6.07, 6.45) is 1.45. The number of amides is 2. The first-order valence-electron chi connectivity index (χ1n) is 11.9. The Balaban J connectivity index is 1.42. The number of primary amides is 1. The van der Waals surface area contributed by atoms with Gasteiger partial charge in [-0.15, -0.1) is 0 Å². The van der Waals surface area contributed by atoms with Crippen LogP contribution in [0.2, 0.25) is 0 Å². The number of hydrogen-bond donors (Lipinski definition) is 3. The molecule has 1 aliphatic rings. The number of likely N-dealkylation sites (tertiary alicyclic amines) is 1. The van der Waals surface area contributed by atoms with Gasteiger partial charge >= 0.3 is 0 Å². The van der Waals surface area contributed by atoms with Crippen molar-refractivity contribution in [1.82, 2.24) is 15.2 Å². The highest BCUT2D eigenvalue weighted by Crippen LogP contribution is 2.30. The van der Waals surface area contributed by atoms with E-state index in [0.717, 1.165) is 34.2 Å². The molecule has 1 aliphatic heterocycles. The van der Waals surface area contributed by atoms with Gasteiger partial charge in [0.15, 0.2) is 0 Å². The van der Waals surface area contributed by atoms with Gasteiger partial charge in [-0.3, -0.25) is 14.5 Å². The number of benzene rings is 2. The third kappa shape index (κ3) is 5.54. The van der Waals surface area contributed by atoms with E-state index in [0.29, 0.717) is 25.3 Å². The summed E-state index contributed by atoms with van der Waals surface area (Å²) >= 11 is 0. The van der Waals surface area contributed by atoms with Crippen molar-refractivity contribution < 1.29 is 14.3 Å². The lowest BCUT2D eigenvalue weighted by molar-refractivity contribution is -0.129. The molecule has 2 aromatic carbocycles. The summed E-state index contributed by atoms with van der Waals surface area (Å²) in [6.45, 7) is 4.66. The molecule has 4 rings (SSSR count). The van der Waals surface area contributed by atoms with E-state index >= 15 is 0 Å². The van der Waals surface area contributed by atoms with Crippen LogP contribution in [0.25, 0.3) is 10.8 Å². The Labute approximate surface area is 205 Å². The Morgan fingerprint density at radius 1 is 1.17 bits per heavy atom. The summed E-state index contributed by atoms with van der Waals surface area (Å²) in [5.74, 6) is 0.965. The normalized spacial score (nSPS) is 18.9. The van der Waals surface area contributed by atoms with Gasteiger partial charge in [0.1, 0.15) is 11.6 Å². The first-order valence-corrected chi connectivity index (χ1v) is 11.9. The molecule has 0 aliphatic carbocycles. The monoisotopic (exact) mass is 475 g/mol. The molecular formula is C27H33N5O3. The number of anilines is 1. The first kappa shape index (κ1) is 24.5. The summed E-state index contributed by atoms with van der Waals surface area (Å²) in [6, 6.07) is 15.0. The van der Waals surface area contributed by atoms with E-state index in [-0.39, 0.29) is 11.8 Å². The number of carbonyl (C=O) groups is 2. The quantitative estimate of drug-likeness (QED) is 0.460. The Hall–Kier alpha value is -3.65. The van der Waals surface area contributed by atoms with Gasteiger partial charge in [-0.05, 0) is 72.7 Å². The van der Waals surface area contributed by atoms with Crippen molar-refractivity contribution in [1.29, 1.82) is 0 Å². The van der Waals surface area contributed by atoms with Crippen LogP contribution < -0.4 is 21.5 Å². The van der Waals surface area contributed by atoms with E-state index in [1.807, 2.05) is 36.9 Å². The minimum Gasteiger partial charge on any atom is -0.497 e. The molecular weight excluding hydrogens is 442 g/mol. The molecule has 1 saturated heterocycles. The van der Waals surface area contributed by atoms with E-state index in [2.05, 4.69) is 34.6 Å². The van der Waals surface area contributed by atoms with Crippen molar-refractivity contribution in [3.05, 3.63) is 65.4 Å². The van der Waals surface area contributed by atoms with Crippen LogP contribution in [0.1, 0.15) is 30.2 Å². The molecule has 8 nitrogen and oxygen atoms in total. The molecule has 1 fully saturated rings. The Morgan fingerprint density at radius 3 is 2.63 bits per heavy atom. The third-order valence-corrected chi connectivity index (χ3v) is 6.94. The van der Waals surface area contributed by atoms with Crippen LogP contribution in [0.5, 0.6) is 5.75 Å². The van der Waals surface area contributed by atoms with Gasteiger partial charge in [-0.1, -0.05) is 30.3 Å². The van der Waals surface area contributed by atoms with E-state index in [1.165, 1.54) is 5.56 Å². The lowest BCUT2D eigenvalue weighted by Gasteiger charge is -2.28. The highest BCUT2D eigenvalue weighted by atomic mass is 16.5. The molecule has 8 heteroatoms. The molecule has 5 N–H and O–H groups in total. The number of nitrogens with one attached hydrogen (secondary N) is 1. The average Bonchev–Trinajstić information content (AvgIpc) is 3.26. The smallest absolute Gasteiger partial charge is 0.237 e. The molecule has 0 radical (unpaired) electrons. The maximum Gasteiger partial charge on any atom is 0.237 e. The zero-order valence-corrected chi connectivity index (χ0v) is 20.5. The summed E-state index contributed by atoms with van der Waals surface area (Å²) in [5, 5.41) is 5.23. The number of nitrogen functional groups attached to an aromatic ring is 1. The molecule has 0 spiro atoms. The molecule has 1 aromatic heterocycles. The highest BCUT2D eigenvalue weighted by Gasteiger charge is 2.40. The Kier molecular flexibility index (Phi) is 7.21. The molecule has 3 atom stereocenters. The van der Waals surface area contributed by atoms with Crippen molar-refractivity contribution >= 4 is 28.4 Å². The minimum absolute atomic E-state index is 0.146. The molecule has 0 bridgehead atoms. The standard InChI is InChI=1S/C27H33N5O3/c1-16-22(7-9-25(28)31-16)14-30-27(34)17(2)32-15-19(12-24(32)26(29)33)10-18-4-5-21-13-23(35-3)8-6-20(21)11-18/h4-9,11,13,17,19,24H,10,12,14-15H2,1-3H3,(H2,28,31)(H2,29,33)(H,30,34)/t17-,19?,24?/m0/s1. The zero-order valence-electron chi connectivity index (χ0n) is 20.5. The number of methoxy groups -OCH3 is 1. The number of aromatic nitrogens is 1. The number of rotatable bonds is 8. The van der Waals surface area contributed by atoms with E-state index in [9.17, 15) is 9.59 Å². The second-order valence-electron chi connectivity index (χ2n) is 9.34. The van der Waals surface area contributed by atoms with Crippen LogP contribution in [-0.2, 0) is 22.6 Å². The number of pyridine rings is 1. The number of aryl methyl sites for hydroxylation is 1. The van der Waals surface area contributed by atoms with E-state index in [4.69, 9.17) is 16.2 Å². The largest absolute Gasteiger partial charge is 0.497 e. The molecule has 184 valence electrons. The van der Waals surface area contributed by atoms with Crippen LogP contribution in [0, 0.1) is 12.8 Å². The maximum atomic E-state index is 13.0. The topological polar surface area (TPSA) is 124 Å². The fourth-order valence-electron chi connectivity index (χ4n) is 4.94. The number of nitrogens with zero attached hydrogens (tertiary/aromatic N) is 2. The zero-order chi connectivity index (χ0) is 25.1. The van der Waals surface area contributed by atoms with Gasteiger partial charge in [0, 0.05) is 18.8 Å². The predicted octanol–water partition coefficient (Wildman–Crippen LogP) is 2.56. The van der Waals surface area contributed by atoms with Crippen molar-refractivity contribution in [2.45, 2.75) is 45.3 Å². The first-order chi connectivity index (χ1) is 16.7. The van der Waals surface area contributed by atoms with Gasteiger partial charge in [-0.2, -0.15) is 0 Å². The average molecular weight is 476 g/mol. The van der Waals surface area contributed by atoms with Gasteiger partial charge in [0.2, 0.25) is 11.8 Å². The molecule has 3 aromatic rings. The third-order valence-electron chi connectivity index (χ3n) is 6.94. The van der Waals surface area contributed by atoms with Crippen molar-refractivity contribution in [2.75, 3.05) is 19.4 Å². The SMILES string of the molecule is COc1ccc2cc(CC3CC(C(N)=O)N([C@@H](C)C(=O)NCc4ccc(N)nc4C)C3)ccc2c1. The maximum absolute atomic E-state index is 13.0. The summed E-state index contributed by atoms with van der Waals surface area (Å²) < 4.78 is 5.31. The van der Waals surface area contributed by atoms with Crippen LogP contribution in [0.4, 0.5) is 5.82 Å². The van der Waals surface area contributed by atoms with Crippen LogP contribution in [-0.4, -0.2) is 47.4 Å². The molecule has 35 heavy (non-hydrogen) atoms. The number of hydrogen-bond acceptors (Lipinski definition) is 6. The van der Waals surface area contributed by atoms with Crippen molar-refractivity contribution in [3.8, 4) is 5.75 Å². The van der Waals surface area contributed by atoms with Crippen molar-refractivity contribution in [3.63, 3.8) is 0 Å². The predicted molar refractivity (Wildman–Crippen MR) is 137 cm³/mol. The Bertz CT molecular complexity index is 1240. The summed E-state index contributed by atoms with van der Waals surface area (Å²) in [5.41, 5.74) is 14.3. The fraction of sp³-hybridized carbons (Fsp3) is 0.370. The Morgan fingerprint density at radius 2 is 1.91 bits per heavy atom. The fourth-order valence-corrected chi connectivity index (χ4v) is 4.94. The number of nitrogens with two attached hydrogens (primary N) is 2. The molecule has 2 unspecified atom stereocenters. The van der Waals surface area contributed by atoms with Gasteiger partial charge < -0.3 is 21.5 Å². The van der Waals surface area contributed by atoms with Gasteiger partial charge in [0.05, 0.1) is 19.2 Å². The lowest BCUT2D eigenvalue weighted by atomic mass is 9.95. The van der Waals surface area contributed by atoms with Gasteiger partial charge in [-0.25, -0.2) is 4.98 Å². The lowest BCUT2D eigenvalue weighted by Crippen LogP contribution is -2.51. The molecule has 2 amide bonds. The molecule has 2 heterocycles. The second kappa shape index (κ2) is 10.3. The van der Waals surface area contributed by atoms with Crippen molar-refractivity contribution in [2.24, 2.45) is 11.7 Å². The second-order valence-corrected chi connectivity index (χ2v) is 9.34. The number of fused-ring (bicyclic) bond motifs is 1. The summed E-state index contributed by atoms with van der Waals surface area (Å²) in [7, 11) is 1.66. The van der Waals surface area contributed by atoms with Gasteiger partial charge in [0.25, 0.3) is 0 Å². The highest BCUT2D eigenvalue weighted by molar-refractivity contribution is 5.85. The van der Waals surface area contributed by atoms with Crippen LogP contribution in [0.3, 0.4) is 0 Å². The minimum atomic E-state index is -0.483. The molecule has 0 saturated carbocycles. The van der Waals surface area contributed by atoms with Crippen LogP contribution >= 0.6 is 0 Å². The number of ether oxygens (including phenoxy) is 1. The van der Waals surface area contributed by atoms with E-state index in [1.54, 1.807) is 13.2 Å².